The van der Waals surface area contributed by atoms with Gasteiger partial charge < -0.3 is 15.2 Å². The van der Waals surface area contributed by atoms with Crippen LogP contribution in [-0.2, 0) is 4.74 Å². The van der Waals surface area contributed by atoms with Crippen LogP contribution in [0.3, 0.4) is 0 Å². The summed E-state index contributed by atoms with van der Waals surface area (Å²) < 4.78 is 18.6. The predicted molar refractivity (Wildman–Crippen MR) is 63.2 cm³/mol. The van der Waals surface area contributed by atoms with Crippen molar-refractivity contribution in [2.24, 2.45) is 5.92 Å². The number of hydrogen-bond acceptors (Lipinski definition) is 3. The maximum absolute atomic E-state index is 13.4. The van der Waals surface area contributed by atoms with E-state index in [1.54, 1.807) is 18.2 Å². The molecule has 1 aliphatic heterocycles. The zero-order valence-electron chi connectivity index (χ0n) is 9.73. The van der Waals surface area contributed by atoms with Crippen molar-refractivity contribution in [2.45, 2.75) is 12.5 Å². The van der Waals surface area contributed by atoms with E-state index in [4.69, 9.17) is 4.74 Å². The summed E-state index contributed by atoms with van der Waals surface area (Å²) in [6, 6.07) is 6.32. The molecule has 2 atom stereocenters. The summed E-state index contributed by atoms with van der Waals surface area (Å²) in [5.74, 6) is 0.161. The summed E-state index contributed by atoms with van der Waals surface area (Å²) in [7, 11) is 0. The van der Waals surface area contributed by atoms with Crippen LogP contribution in [0, 0.1) is 11.7 Å². The van der Waals surface area contributed by atoms with Gasteiger partial charge in [-0.15, -0.1) is 0 Å². The first kappa shape index (κ1) is 12.5. The number of hydrogen-bond donors (Lipinski definition) is 2. The number of nitrogens with one attached hydrogen (secondary N) is 1. The van der Waals surface area contributed by atoms with Crippen LogP contribution in [0.4, 0.5) is 4.39 Å². The van der Waals surface area contributed by atoms with E-state index in [1.807, 2.05) is 0 Å². The van der Waals surface area contributed by atoms with E-state index < -0.39 is 6.10 Å². The van der Waals surface area contributed by atoms with E-state index in [-0.39, 0.29) is 5.82 Å². The number of aliphatic hydroxyl groups excluding tert-OH is 1. The Hall–Kier alpha value is -0.970. The molecule has 1 aliphatic rings. The molecule has 2 rings (SSSR count). The second-order valence-electron chi connectivity index (χ2n) is 4.43. The van der Waals surface area contributed by atoms with Crippen LogP contribution in [0.5, 0.6) is 0 Å². The Bertz CT molecular complexity index is 353. The molecule has 1 aromatic rings. The standard InChI is InChI=1S/C13H18FNO2/c14-12-4-2-1-3-11(12)13(16)8-15-7-10-5-6-17-9-10/h1-4,10,13,15-16H,5-9H2. The molecule has 1 fully saturated rings. The fourth-order valence-electron chi connectivity index (χ4n) is 2.02. The first-order valence-electron chi connectivity index (χ1n) is 5.98. The molecule has 2 N–H and O–H groups in total. The van der Waals surface area contributed by atoms with Crippen molar-refractivity contribution in [3.05, 3.63) is 35.6 Å². The Kier molecular flexibility index (Phi) is 4.48. The molecule has 3 nitrogen and oxygen atoms in total. The van der Waals surface area contributed by atoms with E-state index in [2.05, 4.69) is 5.32 Å². The summed E-state index contributed by atoms with van der Waals surface area (Å²) in [6.07, 6.45) is 0.265. The fraction of sp³-hybridized carbons (Fsp3) is 0.538. The first-order valence-corrected chi connectivity index (χ1v) is 5.98. The van der Waals surface area contributed by atoms with Gasteiger partial charge in [-0.1, -0.05) is 18.2 Å². The van der Waals surface area contributed by atoms with Crippen molar-refractivity contribution < 1.29 is 14.2 Å². The van der Waals surface area contributed by atoms with Gasteiger partial charge in [0.05, 0.1) is 12.7 Å². The minimum atomic E-state index is -0.793. The van der Waals surface area contributed by atoms with E-state index >= 15 is 0 Å². The largest absolute Gasteiger partial charge is 0.387 e. The van der Waals surface area contributed by atoms with Crippen LogP contribution in [0.25, 0.3) is 0 Å². The van der Waals surface area contributed by atoms with E-state index in [0.29, 0.717) is 18.0 Å². The van der Waals surface area contributed by atoms with E-state index in [9.17, 15) is 9.50 Å². The molecular weight excluding hydrogens is 221 g/mol. The number of benzene rings is 1. The molecule has 0 aromatic heterocycles. The Morgan fingerprint density at radius 2 is 2.29 bits per heavy atom. The highest BCUT2D eigenvalue weighted by Gasteiger charge is 2.16. The number of aliphatic hydroxyl groups is 1. The topological polar surface area (TPSA) is 41.5 Å². The lowest BCUT2D eigenvalue weighted by Crippen LogP contribution is -2.27. The van der Waals surface area contributed by atoms with Crippen molar-refractivity contribution in [3.8, 4) is 0 Å². The molecule has 1 saturated heterocycles. The summed E-state index contributed by atoms with van der Waals surface area (Å²) in [6.45, 7) is 2.79. The molecule has 0 amide bonds. The lowest BCUT2D eigenvalue weighted by molar-refractivity contribution is 0.163. The van der Waals surface area contributed by atoms with Gasteiger partial charge in [-0.3, -0.25) is 0 Å². The zero-order chi connectivity index (χ0) is 12.1. The minimum absolute atomic E-state index is 0.350. The Balaban J connectivity index is 1.77. The molecule has 0 saturated carbocycles. The van der Waals surface area contributed by atoms with Crippen LogP contribution in [0.1, 0.15) is 18.1 Å². The zero-order valence-corrected chi connectivity index (χ0v) is 9.73. The first-order chi connectivity index (χ1) is 8.27. The number of ether oxygens (including phenoxy) is 1. The predicted octanol–water partition coefficient (Wildman–Crippen LogP) is 1.49. The van der Waals surface area contributed by atoms with Gasteiger partial charge >= 0.3 is 0 Å². The molecule has 2 unspecified atom stereocenters. The van der Waals surface area contributed by atoms with Crippen molar-refractivity contribution in [1.82, 2.24) is 5.32 Å². The van der Waals surface area contributed by atoms with Gasteiger partial charge in [-0.25, -0.2) is 4.39 Å². The molecule has 1 aromatic carbocycles. The van der Waals surface area contributed by atoms with Gasteiger partial charge in [0.2, 0.25) is 0 Å². The van der Waals surface area contributed by atoms with E-state index in [1.165, 1.54) is 6.07 Å². The summed E-state index contributed by atoms with van der Waals surface area (Å²) in [4.78, 5) is 0. The number of rotatable bonds is 5. The average Bonchev–Trinajstić information content (AvgIpc) is 2.82. The van der Waals surface area contributed by atoms with Gasteiger partial charge in [0.1, 0.15) is 5.82 Å². The Labute approximate surface area is 101 Å². The summed E-state index contributed by atoms with van der Waals surface area (Å²) in [5.41, 5.74) is 0.350. The van der Waals surface area contributed by atoms with Gasteiger partial charge in [0, 0.05) is 25.3 Å². The van der Waals surface area contributed by atoms with Gasteiger partial charge in [0.15, 0.2) is 0 Å². The second-order valence-corrected chi connectivity index (χ2v) is 4.43. The third kappa shape index (κ3) is 3.49. The Morgan fingerprint density at radius 1 is 1.47 bits per heavy atom. The van der Waals surface area contributed by atoms with Gasteiger partial charge in [0.25, 0.3) is 0 Å². The molecule has 0 radical (unpaired) electrons. The highest BCUT2D eigenvalue weighted by molar-refractivity contribution is 5.19. The maximum atomic E-state index is 13.4. The minimum Gasteiger partial charge on any atom is -0.387 e. The smallest absolute Gasteiger partial charge is 0.129 e. The van der Waals surface area contributed by atoms with Crippen LogP contribution < -0.4 is 5.32 Å². The van der Waals surface area contributed by atoms with Crippen molar-refractivity contribution in [2.75, 3.05) is 26.3 Å². The third-order valence-electron chi connectivity index (χ3n) is 3.06. The summed E-state index contributed by atoms with van der Waals surface area (Å²) >= 11 is 0. The monoisotopic (exact) mass is 239 g/mol. The highest BCUT2D eigenvalue weighted by atomic mass is 19.1. The van der Waals surface area contributed by atoms with Crippen molar-refractivity contribution in [1.29, 1.82) is 0 Å². The lowest BCUT2D eigenvalue weighted by Gasteiger charge is -2.14. The summed E-state index contributed by atoms with van der Waals surface area (Å²) in [5, 5.41) is 13.0. The van der Waals surface area contributed by atoms with Crippen LogP contribution >= 0.6 is 0 Å². The quantitative estimate of drug-likeness (QED) is 0.818. The van der Waals surface area contributed by atoms with Gasteiger partial charge in [-0.2, -0.15) is 0 Å². The van der Waals surface area contributed by atoms with Crippen LogP contribution in [0.2, 0.25) is 0 Å². The third-order valence-corrected chi connectivity index (χ3v) is 3.06. The van der Waals surface area contributed by atoms with E-state index in [0.717, 1.165) is 26.2 Å². The fourth-order valence-corrected chi connectivity index (χ4v) is 2.02. The maximum Gasteiger partial charge on any atom is 0.129 e. The average molecular weight is 239 g/mol. The molecule has 94 valence electrons. The number of halogens is 1. The van der Waals surface area contributed by atoms with Crippen molar-refractivity contribution >= 4 is 0 Å². The molecule has 0 bridgehead atoms. The highest BCUT2D eigenvalue weighted by Crippen LogP contribution is 2.16. The normalized spacial score (nSPS) is 21.6. The molecule has 0 aliphatic carbocycles. The molecule has 4 heteroatoms. The SMILES string of the molecule is OC(CNCC1CCOC1)c1ccccc1F. The molecular formula is C13H18FNO2. The van der Waals surface area contributed by atoms with Crippen molar-refractivity contribution in [3.63, 3.8) is 0 Å². The lowest BCUT2D eigenvalue weighted by atomic mass is 10.1. The second kappa shape index (κ2) is 6.10. The Morgan fingerprint density at radius 3 is 3.00 bits per heavy atom. The molecule has 1 heterocycles. The van der Waals surface area contributed by atoms with Crippen LogP contribution in [-0.4, -0.2) is 31.4 Å². The van der Waals surface area contributed by atoms with Gasteiger partial charge in [-0.05, 0) is 18.4 Å². The molecule has 17 heavy (non-hydrogen) atoms. The van der Waals surface area contributed by atoms with Crippen LogP contribution in [0.15, 0.2) is 24.3 Å². The molecule has 0 spiro atoms.